The third kappa shape index (κ3) is 2.05. The van der Waals surface area contributed by atoms with Gasteiger partial charge in [0.05, 0.1) is 4.92 Å². The van der Waals surface area contributed by atoms with E-state index in [4.69, 9.17) is 5.11 Å². The van der Waals surface area contributed by atoms with Gasteiger partial charge in [0.1, 0.15) is 0 Å². The van der Waals surface area contributed by atoms with Crippen molar-refractivity contribution in [3.8, 4) is 0 Å². The average molecular weight is 199 g/mol. The van der Waals surface area contributed by atoms with Gasteiger partial charge in [0.2, 0.25) is 5.82 Å². The molecule has 0 saturated heterocycles. The predicted molar refractivity (Wildman–Crippen MR) is 48.6 cm³/mol. The molecular formula is C9H10FNO3. The van der Waals surface area contributed by atoms with Crippen LogP contribution in [0.2, 0.25) is 0 Å². The standard InChI is InChI=1S/C9H10FNO3/c1-6(5-12)7-2-3-8(10)9(4-7)11(13)14/h2-4,6,12H,5H2,1H3. The second kappa shape index (κ2) is 4.15. The largest absolute Gasteiger partial charge is 0.396 e. The summed E-state index contributed by atoms with van der Waals surface area (Å²) in [6.07, 6.45) is 0. The second-order valence-electron chi connectivity index (χ2n) is 3.05. The third-order valence-corrected chi connectivity index (χ3v) is 2.01. The van der Waals surface area contributed by atoms with Crippen molar-refractivity contribution in [3.63, 3.8) is 0 Å². The van der Waals surface area contributed by atoms with E-state index >= 15 is 0 Å². The minimum atomic E-state index is -0.858. The zero-order chi connectivity index (χ0) is 10.7. The highest BCUT2D eigenvalue weighted by Gasteiger charge is 2.16. The molecular weight excluding hydrogens is 189 g/mol. The molecule has 0 aliphatic rings. The van der Waals surface area contributed by atoms with Gasteiger partial charge in [-0.15, -0.1) is 0 Å². The van der Waals surface area contributed by atoms with Crippen LogP contribution in [0, 0.1) is 15.9 Å². The van der Waals surface area contributed by atoms with Gasteiger partial charge in [0.25, 0.3) is 0 Å². The van der Waals surface area contributed by atoms with E-state index in [1.165, 1.54) is 6.07 Å². The zero-order valence-corrected chi connectivity index (χ0v) is 7.61. The first-order chi connectivity index (χ1) is 6.56. The van der Waals surface area contributed by atoms with E-state index in [0.717, 1.165) is 12.1 Å². The van der Waals surface area contributed by atoms with Crippen molar-refractivity contribution in [1.82, 2.24) is 0 Å². The fourth-order valence-electron chi connectivity index (χ4n) is 1.08. The quantitative estimate of drug-likeness (QED) is 0.596. The van der Waals surface area contributed by atoms with E-state index < -0.39 is 16.4 Å². The number of benzene rings is 1. The van der Waals surface area contributed by atoms with Crippen molar-refractivity contribution in [1.29, 1.82) is 0 Å². The van der Waals surface area contributed by atoms with E-state index in [-0.39, 0.29) is 12.5 Å². The van der Waals surface area contributed by atoms with Gasteiger partial charge in [0, 0.05) is 18.6 Å². The van der Waals surface area contributed by atoms with Crippen LogP contribution in [0.4, 0.5) is 10.1 Å². The summed E-state index contributed by atoms with van der Waals surface area (Å²) in [4.78, 5) is 9.61. The van der Waals surface area contributed by atoms with Gasteiger partial charge in [-0.25, -0.2) is 0 Å². The molecule has 5 heteroatoms. The summed E-state index contributed by atoms with van der Waals surface area (Å²) in [7, 11) is 0. The molecule has 1 atom stereocenters. The smallest absolute Gasteiger partial charge is 0.305 e. The monoisotopic (exact) mass is 199 g/mol. The molecule has 1 rings (SSSR count). The highest BCUT2D eigenvalue weighted by molar-refractivity contribution is 5.37. The summed E-state index contributed by atoms with van der Waals surface area (Å²) in [6, 6.07) is 3.62. The predicted octanol–water partition coefficient (Wildman–Crippen LogP) is 1.83. The van der Waals surface area contributed by atoms with Gasteiger partial charge >= 0.3 is 5.69 Å². The number of aliphatic hydroxyl groups is 1. The number of hydrogen-bond donors (Lipinski definition) is 1. The van der Waals surface area contributed by atoms with E-state index in [0.29, 0.717) is 5.56 Å². The van der Waals surface area contributed by atoms with Gasteiger partial charge in [-0.05, 0) is 11.6 Å². The molecule has 0 radical (unpaired) electrons. The maximum absolute atomic E-state index is 12.9. The van der Waals surface area contributed by atoms with Crippen LogP contribution in [0.15, 0.2) is 18.2 Å². The van der Waals surface area contributed by atoms with Gasteiger partial charge < -0.3 is 5.11 Å². The SMILES string of the molecule is CC(CO)c1ccc(F)c([N+](=O)[O-])c1. The van der Waals surface area contributed by atoms with Gasteiger partial charge in [-0.3, -0.25) is 10.1 Å². The van der Waals surface area contributed by atoms with E-state index in [1.807, 2.05) is 0 Å². The number of hydrogen-bond acceptors (Lipinski definition) is 3. The molecule has 1 N–H and O–H groups in total. The van der Waals surface area contributed by atoms with Crippen LogP contribution in [0.25, 0.3) is 0 Å². The van der Waals surface area contributed by atoms with Crippen LogP contribution in [0.3, 0.4) is 0 Å². The number of halogens is 1. The van der Waals surface area contributed by atoms with Gasteiger partial charge in [-0.2, -0.15) is 4.39 Å². The Morgan fingerprint density at radius 3 is 2.79 bits per heavy atom. The highest BCUT2D eigenvalue weighted by Crippen LogP contribution is 2.23. The fraction of sp³-hybridized carbons (Fsp3) is 0.333. The molecule has 1 aromatic carbocycles. The average Bonchev–Trinajstić information content (AvgIpc) is 2.17. The molecule has 0 saturated carbocycles. The number of rotatable bonds is 3. The molecule has 0 aliphatic carbocycles. The molecule has 0 amide bonds. The van der Waals surface area contributed by atoms with Crippen molar-refractivity contribution in [2.45, 2.75) is 12.8 Å². The Kier molecular flexibility index (Phi) is 3.14. The van der Waals surface area contributed by atoms with Crippen molar-refractivity contribution in [3.05, 3.63) is 39.7 Å². The summed E-state index contributed by atoms with van der Waals surface area (Å²) < 4.78 is 12.9. The minimum absolute atomic E-state index is 0.122. The highest BCUT2D eigenvalue weighted by atomic mass is 19.1. The first kappa shape index (κ1) is 10.6. The topological polar surface area (TPSA) is 63.4 Å². The van der Waals surface area contributed by atoms with E-state index in [1.54, 1.807) is 6.92 Å². The Morgan fingerprint density at radius 1 is 1.64 bits per heavy atom. The molecule has 0 aromatic heterocycles. The number of nitro benzene ring substituents is 1. The molecule has 14 heavy (non-hydrogen) atoms. The molecule has 76 valence electrons. The zero-order valence-electron chi connectivity index (χ0n) is 7.61. The molecule has 0 bridgehead atoms. The number of aliphatic hydroxyl groups excluding tert-OH is 1. The second-order valence-corrected chi connectivity index (χ2v) is 3.05. The molecule has 4 nitrogen and oxygen atoms in total. The van der Waals surface area contributed by atoms with Gasteiger partial charge in [-0.1, -0.05) is 13.0 Å². The number of nitro groups is 1. The summed E-state index contributed by atoms with van der Waals surface area (Å²) in [5.74, 6) is -1.09. The van der Waals surface area contributed by atoms with Crippen LogP contribution in [-0.2, 0) is 0 Å². The minimum Gasteiger partial charge on any atom is -0.396 e. The lowest BCUT2D eigenvalue weighted by Gasteiger charge is -2.07. The first-order valence-corrected chi connectivity index (χ1v) is 4.11. The number of nitrogens with zero attached hydrogens (tertiary/aromatic N) is 1. The summed E-state index contributed by atoms with van der Waals surface area (Å²) in [5, 5.41) is 19.2. The molecule has 0 aliphatic heterocycles. The van der Waals surface area contributed by atoms with Crippen LogP contribution in [0.5, 0.6) is 0 Å². The Labute approximate surface area is 80.1 Å². The van der Waals surface area contributed by atoms with Crippen LogP contribution < -0.4 is 0 Å². The first-order valence-electron chi connectivity index (χ1n) is 4.11. The van der Waals surface area contributed by atoms with E-state index in [9.17, 15) is 14.5 Å². The molecule has 1 unspecified atom stereocenters. The molecule has 1 aromatic rings. The maximum atomic E-state index is 12.9. The van der Waals surface area contributed by atoms with E-state index in [2.05, 4.69) is 0 Å². The maximum Gasteiger partial charge on any atom is 0.305 e. The van der Waals surface area contributed by atoms with Crippen LogP contribution in [-0.4, -0.2) is 16.6 Å². The molecule has 0 spiro atoms. The summed E-state index contributed by atoms with van der Waals surface area (Å²) >= 11 is 0. The van der Waals surface area contributed by atoms with Crippen LogP contribution in [0.1, 0.15) is 18.4 Å². The summed E-state index contributed by atoms with van der Waals surface area (Å²) in [6.45, 7) is 1.58. The van der Waals surface area contributed by atoms with Gasteiger partial charge in [0.15, 0.2) is 0 Å². The molecule has 0 heterocycles. The lowest BCUT2D eigenvalue weighted by atomic mass is 10.0. The Morgan fingerprint density at radius 2 is 2.29 bits per heavy atom. The van der Waals surface area contributed by atoms with Crippen molar-refractivity contribution in [2.75, 3.05) is 6.61 Å². The Hall–Kier alpha value is -1.49. The normalized spacial score (nSPS) is 12.5. The van der Waals surface area contributed by atoms with Crippen molar-refractivity contribution >= 4 is 5.69 Å². The Bertz CT molecular complexity index is 354. The molecule has 0 fully saturated rings. The fourth-order valence-corrected chi connectivity index (χ4v) is 1.08. The lowest BCUT2D eigenvalue weighted by molar-refractivity contribution is -0.387. The third-order valence-electron chi connectivity index (χ3n) is 2.01. The summed E-state index contributed by atoms with van der Waals surface area (Å²) in [5.41, 5.74) is 0.00315. The van der Waals surface area contributed by atoms with Crippen molar-refractivity contribution in [2.24, 2.45) is 0 Å². The van der Waals surface area contributed by atoms with Crippen LogP contribution >= 0.6 is 0 Å². The Balaban J connectivity index is 3.12. The lowest BCUT2D eigenvalue weighted by Crippen LogP contribution is -2.01. The van der Waals surface area contributed by atoms with Crippen molar-refractivity contribution < 1.29 is 14.4 Å².